The largest absolute Gasteiger partial charge is 0.327 e. The Bertz CT molecular complexity index is 909. The second kappa shape index (κ2) is 6.99. The van der Waals surface area contributed by atoms with Gasteiger partial charge in [0.1, 0.15) is 5.54 Å². The van der Waals surface area contributed by atoms with Crippen molar-refractivity contribution < 1.29 is 9.59 Å². The molecular formula is C24H27N3O2. The summed E-state index contributed by atoms with van der Waals surface area (Å²) in [5, 5.41) is 0. The third kappa shape index (κ3) is 2.96. The van der Waals surface area contributed by atoms with Gasteiger partial charge < -0.3 is 4.90 Å². The molecule has 2 saturated heterocycles. The first kappa shape index (κ1) is 18.4. The number of fused-ring (bicyclic) bond motifs is 1. The topological polar surface area (TPSA) is 43.9 Å². The molecule has 2 aromatic carbocycles. The zero-order valence-electron chi connectivity index (χ0n) is 16.9. The van der Waals surface area contributed by atoms with E-state index < -0.39 is 5.54 Å². The van der Waals surface area contributed by atoms with E-state index in [0.29, 0.717) is 25.4 Å². The molecule has 0 saturated carbocycles. The van der Waals surface area contributed by atoms with Crippen molar-refractivity contribution in [2.45, 2.75) is 43.8 Å². The Morgan fingerprint density at radius 1 is 0.897 bits per heavy atom. The van der Waals surface area contributed by atoms with Crippen molar-refractivity contribution in [3.63, 3.8) is 0 Å². The second-order valence-electron chi connectivity index (χ2n) is 8.62. The second-order valence-corrected chi connectivity index (χ2v) is 8.62. The lowest BCUT2D eigenvalue weighted by molar-refractivity contribution is -0.135. The summed E-state index contributed by atoms with van der Waals surface area (Å²) in [5.41, 5.74) is 3.28. The first-order valence-electron chi connectivity index (χ1n) is 10.5. The maximum Gasteiger partial charge on any atom is 0.327 e. The van der Waals surface area contributed by atoms with Crippen molar-refractivity contribution in [3.05, 3.63) is 71.3 Å². The van der Waals surface area contributed by atoms with Gasteiger partial charge in [-0.05, 0) is 42.4 Å². The molecule has 1 aliphatic carbocycles. The molecule has 3 amide bonds. The maximum atomic E-state index is 13.1. The number of likely N-dealkylation sites (tertiary alicyclic amines) is 1. The summed E-state index contributed by atoms with van der Waals surface area (Å²) in [7, 11) is 1.62. The number of imide groups is 1. The smallest absolute Gasteiger partial charge is 0.305 e. The highest BCUT2D eigenvalue weighted by Crippen LogP contribution is 2.39. The number of nitrogens with zero attached hydrogens (tertiary/aromatic N) is 3. The highest BCUT2D eigenvalue weighted by molar-refractivity contribution is 6.06. The van der Waals surface area contributed by atoms with E-state index in [2.05, 4.69) is 29.2 Å². The number of amides is 3. The van der Waals surface area contributed by atoms with Crippen LogP contribution in [0.1, 0.15) is 29.5 Å². The monoisotopic (exact) mass is 389 g/mol. The Kier molecular flexibility index (Phi) is 4.43. The first-order valence-corrected chi connectivity index (χ1v) is 10.5. The minimum Gasteiger partial charge on any atom is -0.305 e. The Morgan fingerprint density at radius 2 is 1.48 bits per heavy atom. The average Bonchev–Trinajstić information content (AvgIpc) is 3.26. The van der Waals surface area contributed by atoms with Gasteiger partial charge in [0.15, 0.2) is 0 Å². The summed E-state index contributed by atoms with van der Waals surface area (Å²) in [6.07, 6.45) is 3.59. The predicted octanol–water partition coefficient (Wildman–Crippen LogP) is 3.08. The van der Waals surface area contributed by atoms with Gasteiger partial charge in [0.05, 0.1) is 0 Å². The molecule has 0 bridgehead atoms. The highest BCUT2D eigenvalue weighted by Gasteiger charge is 2.57. The Labute approximate surface area is 171 Å². The van der Waals surface area contributed by atoms with Crippen molar-refractivity contribution in [2.24, 2.45) is 0 Å². The molecule has 5 nitrogen and oxygen atoms in total. The van der Waals surface area contributed by atoms with E-state index in [9.17, 15) is 9.59 Å². The normalized spacial score (nSPS) is 22.0. The van der Waals surface area contributed by atoms with Crippen LogP contribution in [0.25, 0.3) is 0 Å². The summed E-state index contributed by atoms with van der Waals surface area (Å²) in [5.74, 6) is -0.0345. The summed E-state index contributed by atoms with van der Waals surface area (Å²) >= 11 is 0. The van der Waals surface area contributed by atoms with Crippen LogP contribution in [0.15, 0.2) is 54.6 Å². The first-order chi connectivity index (χ1) is 14.1. The fraction of sp³-hybridized carbons (Fsp3) is 0.417. The van der Waals surface area contributed by atoms with E-state index in [1.807, 2.05) is 35.2 Å². The molecule has 0 radical (unpaired) electrons. The summed E-state index contributed by atoms with van der Waals surface area (Å²) < 4.78 is 0. The molecule has 2 heterocycles. The minimum absolute atomic E-state index is 0.0345. The van der Waals surface area contributed by atoms with Gasteiger partial charge in [-0.3, -0.25) is 14.6 Å². The standard InChI is InChI=1S/C24H27N3O2/c1-25-22(28)24(27(23(25)29)17-18-7-3-2-4-8-18)11-13-26(14-12-24)21-15-19-9-5-6-10-20(19)16-21/h2-10,21H,11-17H2,1H3. The molecule has 150 valence electrons. The van der Waals surface area contributed by atoms with Gasteiger partial charge in [0.25, 0.3) is 5.91 Å². The van der Waals surface area contributed by atoms with Crippen LogP contribution in [0.5, 0.6) is 0 Å². The molecule has 2 fully saturated rings. The number of rotatable bonds is 3. The summed E-state index contributed by atoms with van der Waals surface area (Å²) in [6.45, 7) is 2.21. The van der Waals surface area contributed by atoms with E-state index >= 15 is 0 Å². The van der Waals surface area contributed by atoms with Crippen LogP contribution in [-0.2, 0) is 24.2 Å². The third-order valence-electron chi connectivity index (χ3n) is 7.09. The zero-order chi connectivity index (χ0) is 20.0. The minimum atomic E-state index is -0.691. The van der Waals surface area contributed by atoms with Crippen LogP contribution in [0.2, 0.25) is 0 Å². The predicted molar refractivity (Wildman–Crippen MR) is 111 cm³/mol. The molecule has 0 unspecified atom stereocenters. The van der Waals surface area contributed by atoms with Crippen molar-refractivity contribution in [3.8, 4) is 0 Å². The van der Waals surface area contributed by atoms with E-state index in [0.717, 1.165) is 31.5 Å². The number of carbonyl (C=O) groups is 2. The molecule has 1 spiro atoms. The molecule has 0 aromatic heterocycles. The van der Waals surface area contributed by atoms with Crippen molar-refractivity contribution in [1.82, 2.24) is 14.7 Å². The maximum absolute atomic E-state index is 13.1. The van der Waals surface area contributed by atoms with Crippen molar-refractivity contribution in [2.75, 3.05) is 20.1 Å². The van der Waals surface area contributed by atoms with Crippen LogP contribution < -0.4 is 0 Å². The number of likely N-dealkylation sites (N-methyl/N-ethyl adjacent to an activating group) is 1. The third-order valence-corrected chi connectivity index (χ3v) is 7.09. The van der Waals surface area contributed by atoms with E-state index in [1.54, 1.807) is 7.05 Å². The number of hydrogen-bond acceptors (Lipinski definition) is 3. The van der Waals surface area contributed by atoms with Crippen LogP contribution in [-0.4, -0.2) is 58.4 Å². The molecule has 5 rings (SSSR count). The van der Waals surface area contributed by atoms with Crippen LogP contribution in [0.4, 0.5) is 4.79 Å². The van der Waals surface area contributed by atoms with Crippen molar-refractivity contribution in [1.29, 1.82) is 0 Å². The number of carbonyl (C=O) groups excluding carboxylic acids is 2. The molecule has 0 atom stereocenters. The lowest BCUT2D eigenvalue weighted by Crippen LogP contribution is -2.57. The fourth-order valence-electron chi connectivity index (χ4n) is 5.40. The quantitative estimate of drug-likeness (QED) is 0.758. The average molecular weight is 389 g/mol. The van der Waals surface area contributed by atoms with Crippen LogP contribution >= 0.6 is 0 Å². The van der Waals surface area contributed by atoms with Gasteiger partial charge >= 0.3 is 6.03 Å². The molecule has 2 aromatic rings. The van der Waals surface area contributed by atoms with E-state index in [-0.39, 0.29) is 11.9 Å². The van der Waals surface area contributed by atoms with Crippen LogP contribution in [0.3, 0.4) is 0 Å². The number of benzene rings is 2. The zero-order valence-corrected chi connectivity index (χ0v) is 16.9. The molecular weight excluding hydrogens is 362 g/mol. The Balaban J connectivity index is 1.33. The van der Waals surface area contributed by atoms with Gasteiger partial charge in [-0.1, -0.05) is 54.6 Å². The number of hydrogen-bond donors (Lipinski definition) is 0. The molecule has 29 heavy (non-hydrogen) atoms. The number of urea groups is 1. The Morgan fingerprint density at radius 3 is 2.10 bits per heavy atom. The number of piperidine rings is 1. The van der Waals surface area contributed by atoms with Gasteiger partial charge in [0, 0.05) is 32.7 Å². The van der Waals surface area contributed by atoms with E-state index in [1.165, 1.54) is 16.0 Å². The summed E-state index contributed by atoms with van der Waals surface area (Å²) in [4.78, 5) is 31.7. The fourth-order valence-corrected chi connectivity index (χ4v) is 5.40. The van der Waals surface area contributed by atoms with Gasteiger partial charge in [-0.25, -0.2) is 4.79 Å². The Hall–Kier alpha value is -2.66. The lowest BCUT2D eigenvalue weighted by Gasteiger charge is -2.44. The van der Waals surface area contributed by atoms with Crippen molar-refractivity contribution >= 4 is 11.9 Å². The molecule has 0 N–H and O–H groups in total. The molecule has 2 aliphatic heterocycles. The van der Waals surface area contributed by atoms with Gasteiger partial charge in [-0.2, -0.15) is 0 Å². The van der Waals surface area contributed by atoms with Crippen LogP contribution in [0, 0.1) is 0 Å². The SMILES string of the molecule is CN1C(=O)N(Cc2ccccc2)C2(CCN(C3Cc4ccccc4C3)CC2)C1=O. The molecule has 3 aliphatic rings. The lowest BCUT2D eigenvalue weighted by atomic mass is 9.84. The van der Waals surface area contributed by atoms with E-state index in [4.69, 9.17) is 0 Å². The van der Waals surface area contributed by atoms with Gasteiger partial charge in [0.2, 0.25) is 0 Å². The summed E-state index contributed by atoms with van der Waals surface area (Å²) in [6, 6.07) is 19.0. The highest BCUT2D eigenvalue weighted by atomic mass is 16.2. The van der Waals surface area contributed by atoms with Gasteiger partial charge in [-0.15, -0.1) is 0 Å². The molecule has 5 heteroatoms.